The maximum atomic E-state index is 11.5. The van der Waals surface area contributed by atoms with Crippen LogP contribution in [-0.4, -0.2) is 47.1 Å². The van der Waals surface area contributed by atoms with Crippen molar-refractivity contribution in [1.29, 1.82) is 0 Å². The summed E-state index contributed by atoms with van der Waals surface area (Å²) in [6, 6.07) is 9.54. The Morgan fingerprint density at radius 3 is 2.65 bits per heavy atom. The van der Waals surface area contributed by atoms with Crippen LogP contribution in [0.3, 0.4) is 0 Å². The summed E-state index contributed by atoms with van der Waals surface area (Å²) in [4.78, 5) is 11.5. The molecule has 6 nitrogen and oxygen atoms in total. The number of aliphatic hydroxyl groups is 1. The molecule has 1 saturated carbocycles. The largest absolute Gasteiger partial charge is 0.488 e. The van der Waals surface area contributed by atoms with Gasteiger partial charge in [0.25, 0.3) is 0 Å². The first-order chi connectivity index (χ1) is 16.0. The minimum atomic E-state index is -0.827. The number of rotatable bonds is 10. The second-order valence-electron chi connectivity index (χ2n) is 10.0. The molecule has 1 aliphatic carbocycles. The third-order valence-electron chi connectivity index (χ3n) is 6.68. The number of carboxylic acid groups (broad SMARTS) is 1. The molecule has 3 N–H and O–H groups in total. The van der Waals surface area contributed by atoms with Crippen molar-refractivity contribution < 1.29 is 24.5 Å². The highest BCUT2D eigenvalue weighted by atomic mass is 35.5. The molecule has 2 aromatic carbocycles. The molecule has 0 aromatic heterocycles. The molecule has 0 radical (unpaired) electrons. The van der Waals surface area contributed by atoms with Gasteiger partial charge in [-0.3, -0.25) is 4.79 Å². The van der Waals surface area contributed by atoms with Gasteiger partial charge < -0.3 is 25.0 Å². The van der Waals surface area contributed by atoms with E-state index in [9.17, 15) is 15.0 Å². The summed E-state index contributed by atoms with van der Waals surface area (Å²) in [6.45, 7) is 8.52. The van der Waals surface area contributed by atoms with Gasteiger partial charge in [0.15, 0.2) is 0 Å². The van der Waals surface area contributed by atoms with Gasteiger partial charge in [-0.15, -0.1) is 0 Å². The number of halogens is 2. The zero-order valence-electron chi connectivity index (χ0n) is 19.8. The first-order valence-electron chi connectivity index (χ1n) is 11.5. The Hall–Kier alpha value is -1.83. The number of hydrogen-bond acceptors (Lipinski definition) is 5. The maximum absolute atomic E-state index is 11.5. The average Bonchev–Trinajstić information content (AvgIpc) is 3.35. The van der Waals surface area contributed by atoms with Crippen molar-refractivity contribution >= 4 is 29.2 Å². The van der Waals surface area contributed by atoms with Crippen LogP contribution in [-0.2, 0) is 16.0 Å². The maximum Gasteiger partial charge on any atom is 0.311 e. The predicted octanol–water partition coefficient (Wildman–Crippen LogP) is 4.91. The highest BCUT2D eigenvalue weighted by Gasteiger charge is 2.64. The molecular weight excluding hydrogens is 477 g/mol. The predicted molar refractivity (Wildman–Crippen MR) is 132 cm³/mol. The van der Waals surface area contributed by atoms with Gasteiger partial charge in [-0.1, -0.05) is 41.4 Å². The van der Waals surface area contributed by atoms with Crippen molar-refractivity contribution in [2.24, 2.45) is 5.92 Å². The van der Waals surface area contributed by atoms with Crippen LogP contribution in [0.4, 0.5) is 0 Å². The lowest BCUT2D eigenvalue weighted by molar-refractivity contribution is -0.139. The van der Waals surface area contributed by atoms with Crippen LogP contribution in [0.1, 0.15) is 55.0 Å². The van der Waals surface area contributed by atoms with Crippen LogP contribution < -0.4 is 10.1 Å². The van der Waals surface area contributed by atoms with Crippen LogP contribution in [0.5, 0.6) is 5.75 Å². The molecule has 8 heteroatoms. The lowest BCUT2D eigenvalue weighted by Gasteiger charge is -2.28. The normalized spacial score (nSPS) is 22.5. The van der Waals surface area contributed by atoms with Crippen molar-refractivity contribution in [3.63, 3.8) is 0 Å². The van der Waals surface area contributed by atoms with Crippen LogP contribution >= 0.6 is 23.2 Å². The molecule has 0 bridgehead atoms. The lowest BCUT2D eigenvalue weighted by atomic mass is 9.94. The van der Waals surface area contributed by atoms with Gasteiger partial charge in [-0.05, 0) is 62.9 Å². The number of carboxylic acids is 1. The number of fused-ring (bicyclic) bond motifs is 3. The molecule has 1 fully saturated rings. The van der Waals surface area contributed by atoms with Gasteiger partial charge in [-0.25, -0.2) is 0 Å². The van der Waals surface area contributed by atoms with Gasteiger partial charge in [0, 0.05) is 23.6 Å². The minimum absolute atomic E-state index is 0.123. The molecule has 1 aliphatic heterocycles. The summed E-state index contributed by atoms with van der Waals surface area (Å²) in [5, 5.41) is 24.4. The first kappa shape index (κ1) is 25.3. The standard InChI is InChI=1S/C26H31Cl2NO5/c1-13-5-7-17(20-21-22(25(31)32)24(21)34-23(13)20)14(2)33-12-16(30)11-29-26(3,4)10-15-6-8-18(27)19(28)9-15/h5-9,14,16,21-22,24,29-30H,10-12H2,1-4H3,(H,31,32)/t14-,16?,21-,22-,24-/m1/s1. The van der Waals surface area contributed by atoms with E-state index in [2.05, 4.69) is 19.2 Å². The third-order valence-corrected chi connectivity index (χ3v) is 7.41. The summed E-state index contributed by atoms with van der Waals surface area (Å²) >= 11 is 12.1. The molecular formula is C26H31Cl2NO5. The Morgan fingerprint density at radius 2 is 1.97 bits per heavy atom. The Bertz CT molecular complexity index is 1090. The molecule has 2 aliphatic rings. The van der Waals surface area contributed by atoms with Crippen LogP contribution in [0.15, 0.2) is 30.3 Å². The zero-order chi connectivity index (χ0) is 24.8. The molecule has 0 amide bonds. The topological polar surface area (TPSA) is 88.0 Å². The first-order valence-corrected chi connectivity index (χ1v) is 12.3. The molecule has 0 spiro atoms. The minimum Gasteiger partial charge on any atom is -0.488 e. The van der Waals surface area contributed by atoms with E-state index in [-0.39, 0.29) is 30.3 Å². The van der Waals surface area contributed by atoms with Gasteiger partial charge in [-0.2, -0.15) is 0 Å². The third kappa shape index (κ3) is 5.21. The van der Waals surface area contributed by atoms with Crippen molar-refractivity contribution in [1.82, 2.24) is 5.32 Å². The number of aryl methyl sites for hydroxylation is 1. The molecule has 1 unspecified atom stereocenters. The number of carbonyl (C=O) groups is 1. The fraction of sp³-hybridized carbons (Fsp3) is 0.500. The Balaban J connectivity index is 1.32. The summed E-state index contributed by atoms with van der Waals surface area (Å²) in [6.07, 6.45) is -0.570. The number of benzene rings is 2. The summed E-state index contributed by atoms with van der Waals surface area (Å²) in [5.74, 6) is -0.659. The number of nitrogens with one attached hydrogen (secondary N) is 1. The van der Waals surface area contributed by atoms with E-state index in [1.165, 1.54) is 0 Å². The summed E-state index contributed by atoms with van der Waals surface area (Å²) < 4.78 is 11.9. The monoisotopic (exact) mass is 507 g/mol. The second kappa shape index (κ2) is 9.67. The van der Waals surface area contributed by atoms with E-state index in [1.807, 2.05) is 38.1 Å². The Labute approximate surface area is 210 Å². The van der Waals surface area contributed by atoms with E-state index >= 15 is 0 Å². The number of hydrogen-bond donors (Lipinski definition) is 3. The lowest BCUT2D eigenvalue weighted by Crippen LogP contribution is -2.46. The van der Waals surface area contributed by atoms with Gasteiger partial charge >= 0.3 is 5.97 Å². The van der Waals surface area contributed by atoms with E-state index < -0.39 is 18.0 Å². The summed E-state index contributed by atoms with van der Waals surface area (Å²) in [5.41, 5.74) is 3.65. The number of β-amino-alcohol motifs (C(OH)–C–C–N with tert-alkyl or cyclic N) is 1. The molecule has 34 heavy (non-hydrogen) atoms. The van der Waals surface area contributed by atoms with Crippen LogP contribution in [0.25, 0.3) is 0 Å². The van der Waals surface area contributed by atoms with Crippen LogP contribution in [0.2, 0.25) is 10.0 Å². The van der Waals surface area contributed by atoms with Crippen molar-refractivity contribution in [2.75, 3.05) is 13.2 Å². The SMILES string of the molecule is Cc1ccc([C@@H](C)OCC(O)CNC(C)(C)Cc2ccc(Cl)c(Cl)c2)c2c1O[C@H]1[C@H](C(=O)O)[C@@H]21. The van der Waals surface area contributed by atoms with Gasteiger partial charge in [0.2, 0.25) is 0 Å². The fourth-order valence-corrected chi connectivity index (χ4v) is 5.12. The Morgan fingerprint density at radius 1 is 1.24 bits per heavy atom. The molecule has 2 aromatic rings. The zero-order valence-corrected chi connectivity index (χ0v) is 21.3. The quantitative estimate of drug-likeness (QED) is 0.423. The highest BCUT2D eigenvalue weighted by molar-refractivity contribution is 6.42. The highest BCUT2D eigenvalue weighted by Crippen LogP contribution is 2.61. The van der Waals surface area contributed by atoms with E-state index in [0.29, 0.717) is 16.6 Å². The van der Waals surface area contributed by atoms with E-state index in [1.54, 1.807) is 6.07 Å². The molecule has 4 rings (SSSR count). The van der Waals surface area contributed by atoms with Crippen molar-refractivity contribution in [3.8, 4) is 5.75 Å². The average molecular weight is 508 g/mol. The van der Waals surface area contributed by atoms with Gasteiger partial charge in [0.05, 0.1) is 28.9 Å². The molecule has 1 heterocycles. The number of aliphatic carboxylic acids is 1. The fourth-order valence-electron chi connectivity index (χ4n) is 4.80. The van der Waals surface area contributed by atoms with E-state index in [4.69, 9.17) is 32.7 Å². The Kier molecular flexibility index (Phi) is 7.19. The number of ether oxygens (including phenoxy) is 2. The molecule has 5 atom stereocenters. The molecule has 184 valence electrons. The van der Waals surface area contributed by atoms with Crippen LogP contribution in [0, 0.1) is 12.8 Å². The second-order valence-corrected chi connectivity index (χ2v) is 10.8. The summed E-state index contributed by atoms with van der Waals surface area (Å²) in [7, 11) is 0. The smallest absolute Gasteiger partial charge is 0.311 e. The number of aliphatic hydroxyl groups excluding tert-OH is 1. The van der Waals surface area contributed by atoms with E-state index in [0.717, 1.165) is 34.4 Å². The van der Waals surface area contributed by atoms with Gasteiger partial charge in [0.1, 0.15) is 17.8 Å². The van der Waals surface area contributed by atoms with Crippen molar-refractivity contribution in [3.05, 3.63) is 62.6 Å². The molecule has 0 saturated heterocycles. The van der Waals surface area contributed by atoms with Crippen molar-refractivity contribution in [2.45, 2.75) is 63.9 Å².